The molecule has 4 aliphatic heterocycles. The molecule has 0 spiro atoms. The summed E-state index contributed by atoms with van der Waals surface area (Å²) in [6, 6.07) is 17.7. The van der Waals surface area contributed by atoms with E-state index < -0.39 is 28.9 Å². The molecule has 1 aromatic heterocycles. The highest BCUT2D eigenvalue weighted by Crippen LogP contribution is 2.47. The molecule has 5 heterocycles. The average molecular weight is 825 g/mol. The van der Waals surface area contributed by atoms with Crippen LogP contribution in [0.1, 0.15) is 41.5 Å². The molecule has 0 amide bonds. The summed E-state index contributed by atoms with van der Waals surface area (Å²) in [6.07, 6.45) is -2.29. The van der Waals surface area contributed by atoms with Gasteiger partial charge >= 0.3 is 12.1 Å². The Kier molecular flexibility index (Phi) is 10.3. The van der Waals surface area contributed by atoms with Gasteiger partial charge in [0.25, 0.3) is 5.92 Å². The van der Waals surface area contributed by atoms with Crippen LogP contribution in [-0.4, -0.2) is 73.9 Å². The molecule has 306 valence electrons. The topological polar surface area (TPSA) is 83.9 Å². The number of fused-ring (bicyclic) bond motifs is 1. The molecule has 0 unspecified atom stereocenters. The molecule has 1 atom stereocenters. The van der Waals surface area contributed by atoms with E-state index in [-0.39, 0.29) is 65.3 Å². The first kappa shape index (κ1) is 39.5. The van der Waals surface area contributed by atoms with Crippen molar-refractivity contribution >= 4 is 23.2 Å². The second-order valence-electron chi connectivity index (χ2n) is 15.1. The van der Waals surface area contributed by atoms with E-state index in [9.17, 15) is 8.78 Å². The van der Waals surface area contributed by atoms with Gasteiger partial charge in [-0.15, -0.1) is 0 Å². The molecule has 0 aliphatic carbocycles. The largest absolute Gasteiger partial charge is 0.497 e. The Labute approximate surface area is 337 Å². The zero-order valence-electron chi connectivity index (χ0n) is 32.4. The Morgan fingerprint density at radius 2 is 1.64 bits per heavy atom. The van der Waals surface area contributed by atoms with Crippen LogP contribution in [0, 0.1) is 6.92 Å². The number of nitrogens with one attached hydrogen (secondary N) is 1. The number of aromatic nitrogens is 1. The number of alkyl halides is 5. The summed E-state index contributed by atoms with van der Waals surface area (Å²) in [5.41, 5.74) is -0.600. The van der Waals surface area contributed by atoms with Crippen LogP contribution in [0.3, 0.4) is 0 Å². The van der Waals surface area contributed by atoms with Crippen molar-refractivity contribution in [3.63, 3.8) is 0 Å². The highest BCUT2D eigenvalue weighted by atomic mass is 35.5. The van der Waals surface area contributed by atoms with E-state index >= 15 is 13.2 Å². The predicted octanol–water partition coefficient (Wildman–Crippen LogP) is 7.21. The van der Waals surface area contributed by atoms with Crippen molar-refractivity contribution in [3.8, 4) is 28.5 Å². The molecule has 0 saturated carbocycles. The lowest BCUT2D eigenvalue weighted by atomic mass is 9.94. The van der Waals surface area contributed by atoms with Crippen molar-refractivity contribution in [1.29, 1.82) is 0 Å². The first-order chi connectivity index (χ1) is 27.7. The van der Waals surface area contributed by atoms with Crippen molar-refractivity contribution in [1.82, 2.24) is 20.1 Å². The standard InChI is InChI=1S/C42H42ClF5N6O4/c1-25-16-32(53(18-26-6-10-28(55-3)11-7-26)19-27-8-12-29(56-4)13-9-27)51-37(35(25)42(46,47)48)30-17-31-34-38(36(30)43)49-24-50-39(34)52(2)20-33(58-31)57-23-40-14-5-15-54(40)22-41(44,45)21-40/h6-13,16-17,20,50H,5,14-15,18-19,21-24H2,1-4H3/t40-/m0/s1. The van der Waals surface area contributed by atoms with Crippen LogP contribution >= 0.6 is 11.6 Å². The van der Waals surface area contributed by atoms with Gasteiger partial charge in [0.1, 0.15) is 42.2 Å². The van der Waals surface area contributed by atoms with Gasteiger partial charge in [-0.25, -0.2) is 13.8 Å². The van der Waals surface area contributed by atoms with Crippen molar-refractivity contribution in [2.45, 2.75) is 56.9 Å². The van der Waals surface area contributed by atoms with Gasteiger partial charge in [-0.3, -0.25) is 9.89 Å². The molecule has 16 heteroatoms. The van der Waals surface area contributed by atoms with Gasteiger partial charge in [0.2, 0.25) is 0 Å². The van der Waals surface area contributed by atoms with E-state index in [4.69, 9.17) is 35.5 Å². The molecular formula is C42H42ClF5N6O4. The van der Waals surface area contributed by atoms with E-state index in [0.717, 1.165) is 17.5 Å². The van der Waals surface area contributed by atoms with Gasteiger partial charge in [0.05, 0.1) is 59.4 Å². The normalized spacial score (nSPS) is 19.6. The van der Waals surface area contributed by atoms with Crippen LogP contribution in [0.4, 0.5) is 27.8 Å². The maximum atomic E-state index is 15.2. The molecule has 8 rings (SSSR count). The second-order valence-corrected chi connectivity index (χ2v) is 15.5. The van der Waals surface area contributed by atoms with Crippen LogP contribution in [0.25, 0.3) is 17.1 Å². The number of rotatable bonds is 11. The summed E-state index contributed by atoms with van der Waals surface area (Å²) >= 11 is 7.10. The van der Waals surface area contributed by atoms with Gasteiger partial charge < -0.3 is 34.1 Å². The third-order valence-electron chi connectivity index (χ3n) is 11.2. The summed E-state index contributed by atoms with van der Waals surface area (Å²) in [5, 5.41) is 3.78. The Hall–Kier alpha value is -5.28. The third-order valence-corrected chi connectivity index (χ3v) is 11.5. The molecule has 1 N–H and O–H groups in total. The number of halogens is 6. The molecule has 4 aromatic rings. The fourth-order valence-corrected chi connectivity index (χ4v) is 8.72. The van der Waals surface area contributed by atoms with Gasteiger partial charge in [-0.2, -0.15) is 13.2 Å². The average Bonchev–Trinajstić information content (AvgIpc) is 3.63. The van der Waals surface area contributed by atoms with Crippen LogP contribution in [-0.2, 0) is 24.0 Å². The maximum absolute atomic E-state index is 15.2. The smallest absolute Gasteiger partial charge is 0.418 e. The number of anilines is 1. The Morgan fingerprint density at radius 1 is 0.983 bits per heavy atom. The summed E-state index contributed by atoms with van der Waals surface area (Å²) in [4.78, 5) is 14.7. The predicted molar refractivity (Wildman–Crippen MR) is 208 cm³/mol. The van der Waals surface area contributed by atoms with Crippen LogP contribution in [0.2, 0.25) is 5.02 Å². The number of pyridine rings is 1. The number of benzene rings is 3. The highest BCUT2D eigenvalue weighted by molar-refractivity contribution is 6.33. The van der Waals surface area contributed by atoms with Crippen LogP contribution in [0.5, 0.6) is 17.2 Å². The SMILES string of the molecule is COc1ccc(CN(Cc2ccc(OC)cc2)c2cc(C)c(C(F)(F)F)c(-c3cc4c5c(c3Cl)=NCNC=5N(C)C=C(OC[C@@]35CCCN3CC(F)(F)C5)O4)n2)cc1. The lowest BCUT2D eigenvalue weighted by Crippen LogP contribution is -2.43. The zero-order valence-corrected chi connectivity index (χ0v) is 33.1. The summed E-state index contributed by atoms with van der Waals surface area (Å²) in [7, 11) is 4.88. The number of aryl methyl sites for hydroxylation is 1. The van der Waals surface area contributed by atoms with E-state index in [1.54, 1.807) is 37.3 Å². The molecule has 58 heavy (non-hydrogen) atoms. The molecule has 0 bridgehead atoms. The number of hydrogen-bond acceptors (Lipinski definition) is 10. The first-order valence-electron chi connectivity index (χ1n) is 18.8. The highest BCUT2D eigenvalue weighted by Gasteiger charge is 2.57. The summed E-state index contributed by atoms with van der Waals surface area (Å²) < 4.78 is 98.0. The summed E-state index contributed by atoms with van der Waals surface area (Å²) in [5.74, 6) is -0.619. The molecule has 0 radical (unpaired) electrons. The molecule has 10 nitrogen and oxygen atoms in total. The number of methoxy groups -OCH3 is 2. The zero-order chi connectivity index (χ0) is 41.0. The molecule has 3 aromatic carbocycles. The van der Waals surface area contributed by atoms with E-state index in [1.807, 2.05) is 53.4 Å². The first-order valence-corrected chi connectivity index (χ1v) is 19.2. The number of ether oxygens (including phenoxy) is 4. The Balaban J connectivity index is 1.23. The fraction of sp³-hybridized carbons (Fsp3) is 0.381. The van der Waals surface area contributed by atoms with Crippen molar-refractivity contribution in [3.05, 3.63) is 111 Å². The minimum Gasteiger partial charge on any atom is -0.497 e. The minimum atomic E-state index is -4.82. The molecule has 2 fully saturated rings. The molecule has 4 aliphatic rings. The Bertz CT molecular complexity index is 2330. The van der Waals surface area contributed by atoms with Gasteiger partial charge in [-0.05, 0) is 79.4 Å². The van der Waals surface area contributed by atoms with Gasteiger partial charge in [0.15, 0.2) is 0 Å². The lowest BCUT2D eigenvalue weighted by molar-refractivity contribution is -0.137. The quantitative estimate of drug-likeness (QED) is 0.158. The van der Waals surface area contributed by atoms with Gasteiger partial charge in [0, 0.05) is 32.1 Å². The van der Waals surface area contributed by atoms with E-state index in [1.165, 1.54) is 19.1 Å². The fourth-order valence-electron chi connectivity index (χ4n) is 8.43. The monoisotopic (exact) mass is 824 g/mol. The van der Waals surface area contributed by atoms with Gasteiger partial charge in [-0.1, -0.05) is 35.9 Å². The van der Waals surface area contributed by atoms with E-state index in [0.29, 0.717) is 48.6 Å². The van der Waals surface area contributed by atoms with Crippen molar-refractivity contribution in [2.24, 2.45) is 4.99 Å². The number of nitrogens with zero attached hydrogens (tertiary/aromatic N) is 5. The van der Waals surface area contributed by atoms with E-state index in [2.05, 4.69) is 10.3 Å². The van der Waals surface area contributed by atoms with Crippen molar-refractivity contribution in [2.75, 3.05) is 52.5 Å². The second kappa shape index (κ2) is 15.1. The minimum absolute atomic E-state index is 0.0165. The van der Waals surface area contributed by atoms with Crippen LogP contribution < -0.4 is 35.0 Å². The molecular weight excluding hydrogens is 783 g/mol. The number of hydrogen-bond donors (Lipinski definition) is 1. The molecule has 2 saturated heterocycles. The summed E-state index contributed by atoms with van der Waals surface area (Å²) in [6.45, 7) is 2.21. The third kappa shape index (κ3) is 7.57. The van der Waals surface area contributed by atoms with Crippen molar-refractivity contribution < 1.29 is 40.9 Å². The van der Waals surface area contributed by atoms with Crippen LogP contribution in [0.15, 0.2) is 77.8 Å². The maximum Gasteiger partial charge on any atom is 0.418 e. The Morgan fingerprint density at radius 3 is 2.26 bits per heavy atom. The lowest BCUT2D eigenvalue weighted by Gasteiger charge is -2.31.